The summed E-state index contributed by atoms with van der Waals surface area (Å²) in [5.74, 6) is 3.43. The first-order valence-corrected chi connectivity index (χ1v) is 11.6. The van der Waals surface area contributed by atoms with Crippen LogP contribution >= 0.6 is 7.94 Å². The summed E-state index contributed by atoms with van der Waals surface area (Å²) in [5.41, 5.74) is 0. The van der Waals surface area contributed by atoms with Gasteiger partial charge in [0.1, 0.15) is 24.1 Å². The van der Waals surface area contributed by atoms with Crippen LogP contribution in [0.15, 0.2) is 37.2 Å². The molecule has 0 aliphatic rings. The number of rotatable bonds is 3. The van der Waals surface area contributed by atoms with Crippen LogP contribution in [0.25, 0.3) is 0 Å². The molecule has 3 aromatic rings. The molecule has 0 unspecified atom stereocenters. The second-order valence-corrected chi connectivity index (χ2v) is 8.03. The van der Waals surface area contributed by atoms with Crippen LogP contribution < -0.4 is 0 Å². The van der Waals surface area contributed by atoms with Crippen LogP contribution in [0.3, 0.4) is 0 Å². The highest BCUT2D eigenvalue weighted by atomic mass is 31.2. The molecule has 0 saturated carbocycles. The minimum Gasteiger partial charge on any atom is -0.338 e. The summed E-state index contributed by atoms with van der Waals surface area (Å²) >= 11 is 0. The van der Waals surface area contributed by atoms with E-state index in [1.807, 2.05) is 72.0 Å². The van der Waals surface area contributed by atoms with Crippen molar-refractivity contribution in [2.45, 2.75) is 40.0 Å². The molecule has 29 heavy (non-hydrogen) atoms. The molecule has 0 atom stereocenters. The van der Waals surface area contributed by atoms with Crippen LogP contribution in [0.1, 0.15) is 38.2 Å². The molecule has 0 saturated heterocycles. The molecule has 0 aliphatic carbocycles. The van der Waals surface area contributed by atoms with Gasteiger partial charge in [0.15, 0.2) is 0 Å². The number of aryl methyl sites for hydroxylation is 6. The molecule has 3 N–H and O–H groups in total. The number of hydrogen-bond acceptors (Lipinski definition) is 6. The van der Waals surface area contributed by atoms with Gasteiger partial charge in [0, 0.05) is 77.6 Å². The van der Waals surface area contributed by atoms with Gasteiger partial charge in [0.05, 0.1) is 0 Å². The second kappa shape index (κ2) is 14.0. The van der Waals surface area contributed by atoms with E-state index in [1.165, 1.54) is 0 Å². The molecular weight excluding hydrogens is 391 g/mol. The summed E-state index contributed by atoms with van der Waals surface area (Å²) in [6.07, 6.45) is 14.4. The first-order valence-electron chi connectivity index (χ1n) is 9.46. The van der Waals surface area contributed by atoms with Crippen LogP contribution in [0, 0.1) is 0 Å². The monoisotopic (exact) mass is 427 g/mol. The van der Waals surface area contributed by atoms with E-state index in [1.54, 1.807) is 0 Å². The second-order valence-electron chi connectivity index (χ2n) is 6.29. The Balaban J connectivity index is 0.000000367. The lowest BCUT2D eigenvalue weighted by atomic mass is 10.5. The highest BCUT2D eigenvalue weighted by Crippen LogP contribution is 2.38. The van der Waals surface area contributed by atoms with E-state index in [-0.39, 0.29) is 0 Å². The van der Waals surface area contributed by atoms with Gasteiger partial charge in [-0.05, 0) is 0 Å². The van der Waals surface area contributed by atoms with Crippen molar-refractivity contribution in [3.05, 3.63) is 54.7 Å². The zero-order valence-electron chi connectivity index (χ0n) is 18.6. The third kappa shape index (κ3) is 12.9. The number of aromatic nitrogens is 6. The van der Waals surface area contributed by atoms with Gasteiger partial charge < -0.3 is 13.7 Å². The molecule has 10 heteroatoms. The number of imidazole rings is 3. The average Bonchev–Trinajstić information content (AvgIpc) is 3.35. The summed E-state index contributed by atoms with van der Waals surface area (Å²) in [6, 6.07) is 0. The fourth-order valence-corrected chi connectivity index (χ4v) is 2.21. The highest BCUT2D eigenvalue weighted by Gasteiger charge is 2.17. The standard InChI is InChI=1S/3C6H10N2.CH6O3P/c3*1-3-6-7-4-5-8(6)2;1-5(2,3)4/h3*4-5H,3H2,1-2H3;2-4H,1H3/q;;;+1. The van der Waals surface area contributed by atoms with Crippen LogP contribution in [0.5, 0.6) is 0 Å². The SMILES string of the molecule is CCc1nccn1C.CCc1nccn1C.CCc1nccn1C.C[P+](O)(O)O. The van der Waals surface area contributed by atoms with Crippen LogP contribution in [0.4, 0.5) is 0 Å². The third-order valence-electron chi connectivity index (χ3n) is 3.71. The van der Waals surface area contributed by atoms with Gasteiger partial charge in [-0.15, -0.1) is 0 Å². The van der Waals surface area contributed by atoms with Crippen molar-refractivity contribution in [1.29, 1.82) is 0 Å². The van der Waals surface area contributed by atoms with E-state index in [0.29, 0.717) is 0 Å². The predicted octanol–water partition coefficient (Wildman–Crippen LogP) is 2.30. The van der Waals surface area contributed by atoms with E-state index >= 15 is 0 Å². The van der Waals surface area contributed by atoms with Gasteiger partial charge >= 0.3 is 7.94 Å². The van der Waals surface area contributed by atoms with Crippen molar-refractivity contribution in [1.82, 2.24) is 28.7 Å². The molecular formula is C19H36N6O3P+. The van der Waals surface area contributed by atoms with Crippen molar-refractivity contribution < 1.29 is 14.7 Å². The normalized spacial score (nSPS) is 10.1. The van der Waals surface area contributed by atoms with Crippen molar-refractivity contribution in [2.75, 3.05) is 6.66 Å². The summed E-state index contributed by atoms with van der Waals surface area (Å²) in [5, 5.41) is 0. The zero-order chi connectivity index (χ0) is 22.4. The van der Waals surface area contributed by atoms with Crippen LogP contribution in [-0.4, -0.2) is 50.0 Å². The van der Waals surface area contributed by atoms with Crippen LogP contribution in [-0.2, 0) is 40.4 Å². The molecule has 0 radical (unpaired) electrons. The fraction of sp³-hybridized carbons (Fsp3) is 0.526. The average molecular weight is 428 g/mol. The lowest BCUT2D eigenvalue weighted by Crippen LogP contribution is -1.92. The molecule has 0 aromatic carbocycles. The minimum absolute atomic E-state index is 0.965. The van der Waals surface area contributed by atoms with E-state index < -0.39 is 7.94 Å². The molecule has 0 amide bonds. The molecule has 0 spiro atoms. The predicted molar refractivity (Wildman–Crippen MR) is 117 cm³/mol. The topological polar surface area (TPSA) is 114 Å². The Morgan fingerprint density at radius 2 is 0.862 bits per heavy atom. The maximum atomic E-state index is 7.74. The molecule has 164 valence electrons. The lowest BCUT2D eigenvalue weighted by molar-refractivity contribution is 0.340. The Bertz CT molecular complexity index is 690. The Morgan fingerprint density at radius 1 is 0.655 bits per heavy atom. The zero-order valence-corrected chi connectivity index (χ0v) is 19.5. The summed E-state index contributed by atoms with van der Waals surface area (Å²) in [7, 11) is 2.63. The first kappa shape index (κ1) is 26.9. The quantitative estimate of drug-likeness (QED) is 0.553. The lowest BCUT2D eigenvalue weighted by Gasteiger charge is -1.92. The molecule has 3 rings (SSSR count). The van der Waals surface area contributed by atoms with E-state index in [0.717, 1.165) is 43.4 Å². The molecule has 3 aromatic heterocycles. The van der Waals surface area contributed by atoms with Crippen molar-refractivity contribution in [2.24, 2.45) is 21.1 Å². The number of nitrogens with zero attached hydrogens (tertiary/aromatic N) is 6. The molecule has 9 nitrogen and oxygen atoms in total. The van der Waals surface area contributed by atoms with Crippen molar-refractivity contribution >= 4 is 7.94 Å². The maximum Gasteiger partial charge on any atom is 0.400 e. The van der Waals surface area contributed by atoms with E-state index in [4.69, 9.17) is 14.7 Å². The fourth-order valence-electron chi connectivity index (χ4n) is 2.21. The molecule has 3 heterocycles. The molecule has 0 fully saturated rings. The third-order valence-corrected chi connectivity index (χ3v) is 3.71. The van der Waals surface area contributed by atoms with Gasteiger partial charge in [-0.25, -0.2) is 15.0 Å². The number of hydrogen-bond donors (Lipinski definition) is 3. The van der Waals surface area contributed by atoms with E-state index in [9.17, 15) is 0 Å². The van der Waals surface area contributed by atoms with E-state index in [2.05, 4.69) is 35.7 Å². The summed E-state index contributed by atoms with van der Waals surface area (Å²) < 4.78 is 6.08. The Morgan fingerprint density at radius 3 is 0.931 bits per heavy atom. The largest absolute Gasteiger partial charge is 0.400 e. The minimum atomic E-state index is -3.39. The Labute approximate surface area is 174 Å². The smallest absolute Gasteiger partial charge is 0.338 e. The van der Waals surface area contributed by atoms with Gasteiger partial charge in [0.2, 0.25) is 0 Å². The van der Waals surface area contributed by atoms with Gasteiger partial charge in [0.25, 0.3) is 0 Å². The Kier molecular flexibility index (Phi) is 13.0. The summed E-state index contributed by atoms with van der Waals surface area (Å²) in [6.45, 7) is 7.26. The molecule has 0 aliphatic heterocycles. The van der Waals surface area contributed by atoms with Gasteiger partial charge in [-0.2, -0.15) is 14.7 Å². The first-order chi connectivity index (χ1) is 13.5. The van der Waals surface area contributed by atoms with Crippen molar-refractivity contribution in [3.8, 4) is 0 Å². The Hall–Kier alpha value is -2.06. The van der Waals surface area contributed by atoms with Crippen molar-refractivity contribution in [3.63, 3.8) is 0 Å². The van der Waals surface area contributed by atoms with Gasteiger partial charge in [-0.1, -0.05) is 20.8 Å². The maximum absolute atomic E-state index is 7.74. The molecule has 0 bridgehead atoms. The summed E-state index contributed by atoms with van der Waals surface area (Å²) in [4.78, 5) is 35.5. The highest BCUT2D eigenvalue weighted by molar-refractivity contribution is 7.57. The van der Waals surface area contributed by atoms with Crippen LogP contribution in [0.2, 0.25) is 0 Å². The van der Waals surface area contributed by atoms with Gasteiger partial charge in [-0.3, -0.25) is 0 Å².